The number of fused-ring (bicyclic) bond motifs is 1. The molecule has 2 aromatic carbocycles. The second kappa shape index (κ2) is 6.67. The van der Waals surface area contributed by atoms with Crippen molar-refractivity contribution < 1.29 is 0 Å². The van der Waals surface area contributed by atoms with Crippen LogP contribution in [0.25, 0.3) is 16.9 Å². The molecule has 0 atom stereocenters. The maximum Gasteiger partial charge on any atom is 0.235 e. The number of benzene rings is 2. The van der Waals surface area contributed by atoms with Crippen molar-refractivity contribution >= 4 is 34.3 Å². The van der Waals surface area contributed by atoms with Gasteiger partial charge in [0, 0.05) is 28.4 Å². The predicted octanol–water partition coefficient (Wildman–Crippen LogP) is 5.37. The molecule has 2 aromatic heterocycles. The Morgan fingerprint density at radius 3 is 2.67 bits per heavy atom. The van der Waals surface area contributed by atoms with Crippen LogP contribution in [-0.2, 0) is 5.75 Å². The summed E-state index contributed by atoms with van der Waals surface area (Å²) in [7, 11) is 0. The minimum absolute atomic E-state index is 0.441. The zero-order valence-corrected chi connectivity index (χ0v) is 14.3. The molecule has 0 aliphatic carbocycles. The fourth-order valence-corrected chi connectivity index (χ4v) is 3.77. The summed E-state index contributed by atoms with van der Waals surface area (Å²) in [6.07, 6.45) is 3.66. The van der Waals surface area contributed by atoms with Crippen molar-refractivity contribution in [3.63, 3.8) is 0 Å². The van der Waals surface area contributed by atoms with Crippen LogP contribution in [0.3, 0.4) is 0 Å². The molecule has 3 nitrogen and oxygen atoms in total. The van der Waals surface area contributed by atoms with Gasteiger partial charge in [-0.25, -0.2) is 9.97 Å². The molecular weight excluding hydrogens is 338 g/mol. The van der Waals surface area contributed by atoms with Crippen molar-refractivity contribution in [2.24, 2.45) is 0 Å². The molecule has 118 valence electrons. The Morgan fingerprint density at radius 2 is 1.83 bits per heavy atom. The lowest BCUT2D eigenvalue weighted by molar-refractivity contribution is 0.962. The molecule has 0 radical (unpaired) electrons. The van der Waals surface area contributed by atoms with Crippen LogP contribution in [0.5, 0.6) is 0 Å². The molecule has 0 N–H and O–H groups in total. The number of aromatic nitrogens is 3. The fraction of sp³-hybridized carbons (Fsp3) is 0.0526. The molecule has 4 rings (SSSR count). The molecule has 0 unspecified atom stereocenters. The van der Waals surface area contributed by atoms with Gasteiger partial charge < -0.3 is 0 Å². The number of halogens is 1. The predicted molar refractivity (Wildman–Crippen MR) is 99.9 cm³/mol. The average Bonchev–Trinajstić information content (AvgIpc) is 3.05. The van der Waals surface area contributed by atoms with Crippen LogP contribution in [0, 0.1) is 0 Å². The summed E-state index contributed by atoms with van der Waals surface area (Å²) in [6, 6.07) is 20.6. The van der Waals surface area contributed by atoms with Crippen LogP contribution < -0.4 is 0 Å². The Kier molecular flexibility index (Phi) is 4.24. The maximum absolute atomic E-state index is 5.99. The largest absolute Gasteiger partial charge is 0.285 e. The monoisotopic (exact) mass is 351 g/mol. The van der Waals surface area contributed by atoms with Gasteiger partial charge in [0.05, 0.1) is 5.52 Å². The Balaban J connectivity index is 1.69. The third kappa shape index (κ3) is 3.03. The molecule has 24 heavy (non-hydrogen) atoms. The number of hydrogen-bond donors (Lipinski definition) is 0. The Morgan fingerprint density at radius 1 is 0.958 bits per heavy atom. The zero-order chi connectivity index (χ0) is 16.4. The van der Waals surface area contributed by atoms with E-state index in [4.69, 9.17) is 11.6 Å². The van der Waals surface area contributed by atoms with Gasteiger partial charge in [-0.2, -0.15) is 0 Å². The first-order chi connectivity index (χ1) is 11.8. The molecule has 0 amide bonds. The summed E-state index contributed by atoms with van der Waals surface area (Å²) in [5.41, 5.74) is 2.40. The van der Waals surface area contributed by atoms with E-state index < -0.39 is 0 Å². The third-order valence-electron chi connectivity index (χ3n) is 3.75. The Labute approximate surface area is 149 Å². The summed E-state index contributed by atoms with van der Waals surface area (Å²) in [5, 5.41) is 1.64. The molecular formula is C19H14ClN3S. The lowest BCUT2D eigenvalue weighted by atomic mass is 10.2. The molecule has 2 heterocycles. The van der Waals surface area contributed by atoms with E-state index in [1.807, 2.05) is 28.6 Å². The molecule has 0 saturated heterocycles. The van der Waals surface area contributed by atoms with E-state index in [9.17, 15) is 0 Å². The minimum Gasteiger partial charge on any atom is -0.285 e. The zero-order valence-electron chi connectivity index (χ0n) is 12.8. The van der Waals surface area contributed by atoms with Gasteiger partial charge in [0.2, 0.25) is 5.95 Å². The second-order valence-electron chi connectivity index (χ2n) is 5.33. The summed E-state index contributed by atoms with van der Waals surface area (Å²) in [4.78, 5) is 9.86. The van der Waals surface area contributed by atoms with Gasteiger partial charge in [0.25, 0.3) is 0 Å². The molecule has 0 spiro atoms. The lowest BCUT2D eigenvalue weighted by Crippen LogP contribution is -1.98. The molecule has 0 aliphatic rings. The fourth-order valence-electron chi connectivity index (χ4n) is 2.62. The Bertz CT molecular complexity index is 982. The summed E-state index contributed by atoms with van der Waals surface area (Å²) in [6.45, 7) is 0. The first-order valence-electron chi connectivity index (χ1n) is 7.57. The second-order valence-corrected chi connectivity index (χ2v) is 6.73. The van der Waals surface area contributed by atoms with Crippen LogP contribution in [0.1, 0.15) is 5.56 Å². The average molecular weight is 352 g/mol. The maximum atomic E-state index is 5.99. The van der Waals surface area contributed by atoms with Crippen molar-refractivity contribution in [1.82, 2.24) is 14.5 Å². The number of rotatable bonds is 4. The SMILES string of the molecule is Clc1ccnc(-n2ccc3c(SCc4ccccc4)cccc32)n1. The first-order valence-corrected chi connectivity index (χ1v) is 8.93. The summed E-state index contributed by atoms with van der Waals surface area (Å²) in [5.74, 6) is 1.53. The number of hydrogen-bond acceptors (Lipinski definition) is 3. The molecule has 4 aromatic rings. The smallest absolute Gasteiger partial charge is 0.235 e. The van der Waals surface area contributed by atoms with Gasteiger partial charge in [-0.3, -0.25) is 4.57 Å². The van der Waals surface area contributed by atoms with Gasteiger partial charge in [-0.1, -0.05) is 48.0 Å². The highest BCUT2D eigenvalue weighted by atomic mass is 35.5. The van der Waals surface area contributed by atoms with Gasteiger partial charge in [-0.15, -0.1) is 11.8 Å². The normalized spacial score (nSPS) is 11.0. The van der Waals surface area contributed by atoms with Crippen molar-refractivity contribution in [3.8, 4) is 5.95 Å². The van der Waals surface area contributed by atoms with Gasteiger partial charge in [-0.05, 0) is 29.8 Å². The van der Waals surface area contributed by atoms with Crippen molar-refractivity contribution in [3.05, 3.63) is 83.8 Å². The quantitative estimate of drug-likeness (QED) is 0.366. The molecule has 0 bridgehead atoms. The minimum atomic E-state index is 0.441. The van der Waals surface area contributed by atoms with Gasteiger partial charge in [0.1, 0.15) is 5.15 Å². The topological polar surface area (TPSA) is 30.7 Å². The van der Waals surface area contributed by atoms with E-state index in [-0.39, 0.29) is 0 Å². The van der Waals surface area contributed by atoms with E-state index in [1.165, 1.54) is 15.8 Å². The summed E-state index contributed by atoms with van der Waals surface area (Å²) < 4.78 is 1.97. The highest BCUT2D eigenvalue weighted by Gasteiger charge is 2.09. The van der Waals surface area contributed by atoms with Crippen LogP contribution >= 0.6 is 23.4 Å². The lowest BCUT2D eigenvalue weighted by Gasteiger charge is -2.06. The standard InChI is InChI=1S/C19H14ClN3S/c20-18-9-11-21-19(22-18)23-12-10-15-16(23)7-4-8-17(15)24-13-14-5-2-1-3-6-14/h1-12H,13H2. The van der Waals surface area contributed by atoms with Crippen molar-refractivity contribution in [2.75, 3.05) is 0 Å². The molecule has 0 aliphatic heterocycles. The van der Waals surface area contributed by atoms with Crippen molar-refractivity contribution in [2.45, 2.75) is 10.6 Å². The number of thioether (sulfide) groups is 1. The van der Waals surface area contributed by atoms with E-state index in [1.54, 1.807) is 12.3 Å². The van der Waals surface area contributed by atoms with Crippen LogP contribution in [0.4, 0.5) is 0 Å². The van der Waals surface area contributed by atoms with Crippen LogP contribution in [0.2, 0.25) is 5.15 Å². The van der Waals surface area contributed by atoms with E-state index in [0.29, 0.717) is 11.1 Å². The van der Waals surface area contributed by atoms with Crippen LogP contribution in [0.15, 0.2) is 78.0 Å². The van der Waals surface area contributed by atoms with E-state index in [0.717, 1.165) is 11.3 Å². The van der Waals surface area contributed by atoms with Crippen LogP contribution in [-0.4, -0.2) is 14.5 Å². The highest BCUT2D eigenvalue weighted by Crippen LogP contribution is 2.31. The summed E-state index contributed by atoms with van der Waals surface area (Å²) >= 11 is 7.83. The van der Waals surface area contributed by atoms with E-state index >= 15 is 0 Å². The first kappa shape index (κ1) is 15.2. The van der Waals surface area contributed by atoms with E-state index in [2.05, 4.69) is 58.5 Å². The Hall–Kier alpha value is -2.30. The third-order valence-corrected chi connectivity index (χ3v) is 5.11. The van der Waals surface area contributed by atoms with Gasteiger partial charge >= 0.3 is 0 Å². The molecule has 0 fully saturated rings. The molecule has 0 saturated carbocycles. The van der Waals surface area contributed by atoms with Crippen molar-refractivity contribution in [1.29, 1.82) is 0 Å². The van der Waals surface area contributed by atoms with Gasteiger partial charge in [0.15, 0.2) is 0 Å². The highest BCUT2D eigenvalue weighted by molar-refractivity contribution is 7.98. The number of nitrogens with zero attached hydrogens (tertiary/aromatic N) is 3. The molecule has 5 heteroatoms.